The maximum Gasteiger partial charge on any atom is 0.254 e. The molecule has 3 heterocycles. The normalized spacial score (nSPS) is 23.3. The van der Waals surface area contributed by atoms with Gasteiger partial charge in [-0.05, 0) is 59.7 Å². The first-order valence-electron chi connectivity index (χ1n) is 13.7. The number of nitrogens with zero attached hydrogens (tertiary/aromatic N) is 4. The van der Waals surface area contributed by atoms with Gasteiger partial charge in [-0.2, -0.15) is 5.26 Å². The van der Waals surface area contributed by atoms with E-state index in [0.717, 1.165) is 73.1 Å². The van der Waals surface area contributed by atoms with Gasteiger partial charge in [0.15, 0.2) is 0 Å². The molecule has 3 aliphatic rings. The van der Waals surface area contributed by atoms with Gasteiger partial charge >= 0.3 is 0 Å². The highest BCUT2D eigenvalue weighted by molar-refractivity contribution is 6.05. The molecule has 0 radical (unpaired) electrons. The molecule has 1 aromatic heterocycles. The van der Waals surface area contributed by atoms with Gasteiger partial charge < -0.3 is 14.7 Å². The second kappa shape index (κ2) is 10.0. The van der Waals surface area contributed by atoms with Gasteiger partial charge in [0.25, 0.3) is 5.91 Å². The molecule has 1 aliphatic carbocycles. The number of rotatable bonds is 5. The summed E-state index contributed by atoms with van der Waals surface area (Å²) in [5.41, 5.74) is 3.15. The van der Waals surface area contributed by atoms with Crippen molar-refractivity contribution in [3.8, 4) is 11.9 Å². The molecule has 2 aromatic carbocycles. The Labute approximate surface area is 223 Å². The summed E-state index contributed by atoms with van der Waals surface area (Å²) in [4.78, 5) is 22.5. The fraction of sp³-hybridized carbons (Fsp3) is 0.452. The quantitative estimate of drug-likeness (QED) is 0.541. The second-order valence-corrected chi connectivity index (χ2v) is 11.0. The lowest BCUT2D eigenvalue weighted by molar-refractivity contribution is 0.0192. The van der Waals surface area contributed by atoms with Crippen molar-refractivity contribution in [2.75, 3.05) is 20.2 Å². The molecule has 2 aliphatic heterocycles. The van der Waals surface area contributed by atoms with Crippen LogP contribution in [0, 0.1) is 11.3 Å². The zero-order chi connectivity index (χ0) is 26.3. The Morgan fingerprint density at radius 1 is 1.11 bits per heavy atom. The van der Waals surface area contributed by atoms with E-state index in [4.69, 9.17) is 4.74 Å². The van der Waals surface area contributed by atoms with Crippen molar-refractivity contribution in [3.05, 3.63) is 70.9 Å². The lowest BCUT2D eigenvalue weighted by atomic mass is 9.76. The molecule has 1 saturated carbocycles. The summed E-state index contributed by atoms with van der Waals surface area (Å²) in [6.45, 7) is 2.83. The minimum absolute atomic E-state index is 0.0455. The van der Waals surface area contributed by atoms with E-state index in [1.54, 1.807) is 13.2 Å². The van der Waals surface area contributed by atoms with Crippen LogP contribution in [0.5, 0.6) is 5.88 Å². The van der Waals surface area contributed by atoms with E-state index in [2.05, 4.69) is 40.2 Å². The predicted octanol–water partition coefficient (Wildman–Crippen LogP) is 4.56. The number of ether oxygens (including phenoxy) is 1. The van der Waals surface area contributed by atoms with Crippen LogP contribution in [0.1, 0.15) is 65.7 Å². The number of nitriles is 1. The van der Waals surface area contributed by atoms with Gasteiger partial charge in [0.05, 0.1) is 31.0 Å². The zero-order valence-electron chi connectivity index (χ0n) is 21.9. The summed E-state index contributed by atoms with van der Waals surface area (Å²) < 4.78 is 5.30. The molecule has 0 unspecified atom stereocenters. The predicted molar refractivity (Wildman–Crippen MR) is 145 cm³/mol. The molecule has 0 spiro atoms. The van der Waals surface area contributed by atoms with Crippen LogP contribution in [0.2, 0.25) is 0 Å². The van der Waals surface area contributed by atoms with Crippen LogP contribution in [0.15, 0.2) is 48.5 Å². The molecule has 1 N–H and O–H groups in total. The van der Waals surface area contributed by atoms with Crippen molar-refractivity contribution in [1.82, 2.24) is 14.8 Å². The number of aliphatic hydroxyl groups is 1. The third-order valence-electron chi connectivity index (χ3n) is 8.90. The fourth-order valence-corrected chi connectivity index (χ4v) is 6.68. The first-order chi connectivity index (χ1) is 18.5. The summed E-state index contributed by atoms with van der Waals surface area (Å²) in [7, 11) is 1.59. The van der Waals surface area contributed by atoms with Gasteiger partial charge in [-0.15, -0.1) is 0 Å². The van der Waals surface area contributed by atoms with Gasteiger partial charge in [-0.25, -0.2) is 4.98 Å². The van der Waals surface area contributed by atoms with Crippen LogP contribution in [-0.2, 0) is 18.5 Å². The molecule has 1 amide bonds. The van der Waals surface area contributed by atoms with Gasteiger partial charge in [0.2, 0.25) is 5.88 Å². The Balaban J connectivity index is 1.25. The highest BCUT2D eigenvalue weighted by Gasteiger charge is 2.40. The van der Waals surface area contributed by atoms with Crippen LogP contribution in [0.4, 0.5) is 0 Å². The van der Waals surface area contributed by atoms with Crippen LogP contribution in [-0.4, -0.2) is 58.1 Å². The smallest absolute Gasteiger partial charge is 0.254 e. The number of aliphatic hydroxyl groups excluding tert-OH is 1. The van der Waals surface area contributed by atoms with Crippen molar-refractivity contribution >= 4 is 16.7 Å². The topological polar surface area (TPSA) is 89.7 Å². The summed E-state index contributed by atoms with van der Waals surface area (Å²) >= 11 is 0. The van der Waals surface area contributed by atoms with E-state index in [1.165, 1.54) is 5.39 Å². The number of carbonyl (C=O) groups is 1. The SMILES string of the molecule is COc1cccc(C2(C#N)CCN(Cc3cc4c(c5ccccc35)CN([C@H]3CCCC[C@@H]3O)C4=O)CC2)n1. The Bertz CT molecular complexity index is 1410. The maximum absolute atomic E-state index is 13.6. The number of pyridine rings is 1. The molecular weight excluding hydrogens is 476 g/mol. The van der Waals surface area contributed by atoms with Gasteiger partial charge in [0, 0.05) is 37.8 Å². The third kappa shape index (κ3) is 4.22. The summed E-state index contributed by atoms with van der Waals surface area (Å²) in [5.74, 6) is 0.577. The minimum Gasteiger partial charge on any atom is -0.481 e. The van der Waals surface area contributed by atoms with Gasteiger partial charge in [-0.1, -0.05) is 43.2 Å². The Morgan fingerprint density at radius 2 is 1.87 bits per heavy atom. The number of hydrogen-bond donors (Lipinski definition) is 1. The van der Waals surface area contributed by atoms with E-state index < -0.39 is 11.5 Å². The largest absolute Gasteiger partial charge is 0.481 e. The fourth-order valence-electron chi connectivity index (χ4n) is 6.68. The average Bonchev–Trinajstić information content (AvgIpc) is 3.30. The van der Waals surface area contributed by atoms with Crippen LogP contribution in [0.3, 0.4) is 0 Å². The van der Waals surface area contributed by atoms with Crippen LogP contribution < -0.4 is 4.74 Å². The number of aromatic nitrogens is 1. The number of hydrogen-bond acceptors (Lipinski definition) is 6. The number of likely N-dealkylation sites (tertiary alicyclic amines) is 1. The molecule has 38 heavy (non-hydrogen) atoms. The molecule has 6 rings (SSSR count). The molecule has 0 bridgehead atoms. The average molecular weight is 511 g/mol. The standard InChI is InChI=1S/C31H34N4O3/c1-38-29-12-6-11-28(33-29)31(20-32)13-15-34(16-14-31)18-21-17-24-25(23-8-3-2-7-22(21)23)19-35(30(24)37)26-9-4-5-10-27(26)36/h2-3,6-8,11-12,17,26-27,36H,4-5,9-10,13-16,18-19H2,1H3/t26-,27-/m0/s1. The van der Waals surface area contributed by atoms with Crippen molar-refractivity contribution in [3.63, 3.8) is 0 Å². The number of piperidine rings is 1. The van der Waals surface area contributed by atoms with Gasteiger partial charge in [0.1, 0.15) is 5.41 Å². The maximum atomic E-state index is 13.6. The lowest BCUT2D eigenvalue weighted by Gasteiger charge is -2.37. The van der Waals surface area contributed by atoms with E-state index in [1.807, 2.05) is 23.1 Å². The molecule has 7 nitrogen and oxygen atoms in total. The molecular formula is C31H34N4O3. The van der Waals surface area contributed by atoms with E-state index in [-0.39, 0.29) is 11.9 Å². The Morgan fingerprint density at radius 3 is 2.61 bits per heavy atom. The van der Waals surface area contributed by atoms with E-state index in [0.29, 0.717) is 25.3 Å². The monoisotopic (exact) mass is 510 g/mol. The summed E-state index contributed by atoms with van der Waals surface area (Å²) in [6.07, 6.45) is 4.65. The zero-order valence-corrected chi connectivity index (χ0v) is 21.9. The molecule has 196 valence electrons. The molecule has 2 fully saturated rings. The van der Waals surface area contributed by atoms with Crippen LogP contribution in [0.25, 0.3) is 10.8 Å². The second-order valence-electron chi connectivity index (χ2n) is 11.0. The number of fused-ring (bicyclic) bond motifs is 3. The molecule has 7 heteroatoms. The Hall–Kier alpha value is -3.47. The molecule has 1 saturated heterocycles. The molecule has 2 atom stereocenters. The van der Waals surface area contributed by atoms with Crippen molar-refractivity contribution in [1.29, 1.82) is 5.26 Å². The number of benzene rings is 2. The highest BCUT2D eigenvalue weighted by Crippen LogP contribution is 2.39. The van der Waals surface area contributed by atoms with Crippen molar-refractivity contribution in [2.24, 2.45) is 0 Å². The lowest BCUT2D eigenvalue weighted by Crippen LogP contribution is -2.45. The summed E-state index contributed by atoms with van der Waals surface area (Å²) in [6, 6.07) is 18.6. The first-order valence-corrected chi connectivity index (χ1v) is 13.7. The first kappa shape index (κ1) is 24.8. The van der Waals surface area contributed by atoms with E-state index in [9.17, 15) is 15.2 Å². The number of amides is 1. The van der Waals surface area contributed by atoms with Gasteiger partial charge in [-0.3, -0.25) is 9.69 Å². The molecule has 3 aromatic rings. The van der Waals surface area contributed by atoms with Crippen molar-refractivity contribution in [2.45, 2.75) is 69.2 Å². The number of methoxy groups -OCH3 is 1. The Kier molecular flexibility index (Phi) is 6.55. The highest BCUT2D eigenvalue weighted by atomic mass is 16.5. The number of carbonyl (C=O) groups excluding carboxylic acids is 1. The van der Waals surface area contributed by atoms with E-state index >= 15 is 0 Å². The van der Waals surface area contributed by atoms with Crippen LogP contribution >= 0.6 is 0 Å². The summed E-state index contributed by atoms with van der Waals surface area (Å²) in [5, 5.41) is 23.1. The minimum atomic E-state index is -0.623. The van der Waals surface area contributed by atoms with Crippen molar-refractivity contribution < 1.29 is 14.6 Å². The third-order valence-corrected chi connectivity index (χ3v) is 8.90.